The van der Waals surface area contributed by atoms with Crippen LogP contribution in [0.3, 0.4) is 0 Å². The highest BCUT2D eigenvalue weighted by atomic mass is 31.2. The van der Waals surface area contributed by atoms with Crippen LogP contribution in [0.25, 0.3) is 0 Å². The van der Waals surface area contributed by atoms with Gasteiger partial charge in [0, 0.05) is 41.9 Å². The maximum Gasteiger partial charge on any atom is 0.469 e. The number of esters is 5. The minimum atomic E-state index is -4.46. The predicted octanol–water partition coefficient (Wildman–Crippen LogP) is 6.18. The number of phosphoric acid groups is 5. The molecule has 0 atom stereocenters. The molecule has 0 aliphatic heterocycles. The highest BCUT2D eigenvalue weighted by molar-refractivity contribution is 7.47. The van der Waals surface area contributed by atoms with Crippen LogP contribution in [0.4, 0.5) is 0 Å². The quantitative estimate of drug-likeness (QED) is 0.0126. The van der Waals surface area contributed by atoms with Crippen LogP contribution in [-0.4, -0.2) is 158 Å². The summed E-state index contributed by atoms with van der Waals surface area (Å²) >= 11 is 0. The first-order valence-electron chi connectivity index (χ1n) is 18.0. The standard InChI is InChI=1S/C9H17O7P.C7H13O6P.C6H11O6P.2C5H9O6P.8CH4/c1-8(2)9(10)15-7-6-14-4-3-5-16-17(11,12)13;1-6(2)7(8)12-4-3-5-13-14(9,10)11;1-5(2)6(7)11-3-4-12-13(8,9)10;2*1-2-5(6)10-3-4-11-12(7,8)9;;;;;;;;/h1,3-7H2,2H3,(H2,11,12,13);1,3-5H2,2H3,(H2,9,10,11);1,3-4H2,2H3,(H2,8,9,10);2*2H,1,3-4H2,(H2,7,8,9);8*1H4. The third-order valence-electron chi connectivity index (χ3n) is 5.06. The molecule has 462 valence electrons. The second-order valence-corrected chi connectivity index (χ2v) is 17.6. The Morgan fingerprint density at radius 1 is 0.342 bits per heavy atom. The average molecular weight is 1220 g/mol. The van der Waals surface area contributed by atoms with Crippen molar-refractivity contribution >= 4 is 69.0 Å². The van der Waals surface area contributed by atoms with Crippen molar-refractivity contribution in [2.45, 2.75) is 93.0 Å². The van der Waals surface area contributed by atoms with Crippen molar-refractivity contribution in [3.05, 3.63) is 61.8 Å². The number of phosphoric ester groups is 5. The number of ether oxygens (including phenoxy) is 6. The third kappa shape index (κ3) is 103. The minimum absolute atomic E-state index is 0. The zero-order valence-electron chi connectivity index (χ0n) is 36.9. The highest BCUT2D eigenvalue weighted by Gasteiger charge is 2.16. The SMILES string of the molecule is C.C.C.C.C.C.C.C.C=C(C)C(=O)OCCCOP(=O)(O)O.C=C(C)C(=O)OCCOCCCOP(=O)(O)O.C=C(C)C(=O)OCCOP(=O)(O)O.C=CC(=O)OCCOP(=O)(O)O.C=CC(=O)OCCOP(=O)(O)O. The van der Waals surface area contributed by atoms with E-state index < -0.39 is 69.0 Å². The van der Waals surface area contributed by atoms with Gasteiger partial charge in [0.25, 0.3) is 0 Å². The molecule has 0 heterocycles. The van der Waals surface area contributed by atoms with Gasteiger partial charge in [0.2, 0.25) is 0 Å². The molecule has 0 saturated carbocycles. The summed E-state index contributed by atoms with van der Waals surface area (Å²) in [5.74, 6) is -2.94. The largest absolute Gasteiger partial charge is 0.469 e. The monoisotopic (exact) mass is 1220 g/mol. The van der Waals surface area contributed by atoms with Gasteiger partial charge in [-0.3, -0.25) is 22.6 Å². The molecular weight excluding hydrogens is 1130 g/mol. The summed E-state index contributed by atoms with van der Waals surface area (Å²) in [6, 6.07) is 0. The average Bonchev–Trinajstić information content (AvgIpc) is 3.19. The van der Waals surface area contributed by atoms with E-state index in [4.69, 9.17) is 58.4 Å². The van der Waals surface area contributed by atoms with Crippen molar-refractivity contribution in [3.8, 4) is 0 Å². The van der Waals surface area contributed by atoms with E-state index in [0.717, 1.165) is 12.2 Å². The molecule has 0 aromatic heterocycles. The molecule has 0 unspecified atom stereocenters. The van der Waals surface area contributed by atoms with E-state index in [1.54, 1.807) is 6.92 Å². The number of rotatable bonds is 30. The summed E-state index contributed by atoms with van der Waals surface area (Å²) < 4.78 is 98.6. The Bertz CT molecular complexity index is 1760. The van der Waals surface area contributed by atoms with E-state index in [9.17, 15) is 46.8 Å². The van der Waals surface area contributed by atoms with Crippen LogP contribution in [0.5, 0.6) is 0 Å². The molecular formula is C40H91O31P5. The molecule has 0 saturated heterocycles. The number of carbonyl (C=O) groups excluding carboxylic acids is 5. The van der Waals surface area contributed by atoms with Crippen molar-refractivity contribution in [2.24, 2.45) is 0 Å². The van der Waals surface area contributed by atoms with Crippen LogP contribution in [0.2, 0.25) is 0 Å². The first-order chi connectivity index (χ1) is 30.9. The summed E-state index contributed by atoms with van der Waals surface area (Å²) in [6.45, 7) is 19.6. The predicted molar refractivity (Wildman–Crippen MR) is 284 cm³/mol. The zero-order chi connectivity index (χ0) is 54.2. The molecule has 0 aliphatic rings. The van der Waals surface area contributed by atoms with Crippen molar-refractivity contribution in [1.82, 2.24) is 0 Å². The Balaban J connectivity index is -0.0000000581. The topological polar surface area (TPSA) is 475 Å². The Hall–Kier alpha value is -3.44. The summed E-state index contributed by atoms with van der Waals surface area (Å²) in [6.07, 6.45) is 2.46. The van der Waals surface area contributed by atoms with E-state index in [0.29, 0.717) is 12.0 Å². The second-order valence-electron chi connectivity index (χ2n) is 11.4. The van der Waals surface area contributed by atoms with E-state index in [1.165, 1.54) is 13.8 Å². The molecule has 0 bridgehead atoms. The van der Waals surface area contributed by atoms with Gasteiger partial charge in [-0.2, -0.15) is 0 Å². The molecule has 0 aromatic carbocycles. The lowest BCUT2D eigenvalue weighted by Crippen LogP contribution is -2.11. The van der Waals surface area contributed by atoms with E-state index in [-0.39, 0.29) is 156 Å². The molecule has 0 aliphatic carbocycles. The van der Waals surface area contributed by atoms with Gasteiger partial charge in [-0.25, -0.2) is 46.8 Å². The first-order valence-corrected chi connectivity index (χ1v) is 25.7. The van der Waals surface area contributed by atoms with Gasteiger partial charge in [-0.05, 0) is 27.2 Å². The highest BCUT2D eigenvalue weighted by Crippen LogP contribution is 2.37. The summed E-state index contributed by atoms with van der Waals surface area (Å²) in [5.41, 5.74) is 0.817. The third-order valence-corrected chi connectivity index (χ3v) is 7.66. The van der Waals surface area contributed by atoms with Gasteiger partial charge < -0.3 is 77.4 Å². The Morgan fingerprint density at radius 3 is 0.789 bits per heavy atom. The Labute approximate surface area is 448 Å². The van der Waals surface area contributed by atoms with Crippen molar-refractivity contribution < 1.29 is 147 Å². The molecule has 36 heteroatoms. The fraction of sp³-hybridized carbons (Fsp3) is 0.625. The molecule has 10 N–H and O–H groups in total. The second kappa shape index (κ2) is 59.2. The van der Waals surface area contributed by atoms with E-state index in [2.05, 4.69) is 74.5 Å². The van der Waals surface area contributed by atoms with Crippen molar-refractivity contribution in [3.63, 3.8) is 0 Å². The summed E-state index contributed by atoms with van der Waals surface area (Å²) in [5, 5.41) is 0. The van der Waals surface area contributed by atoms with Crippen LogP contribution in [-0.2, 0) is 97.8 Å². The number of hydrogen-bond donors (Lipinski definition) is 10. The van der Waals surface area contributed by atoms with Crippen LogP contribution in [0.1, 0.15) is 93.0 Å². The Morgan fingerprint density at radius 2 is 0.553 bits per heavy atom. The maximum atomic E-state index is 10.9. The van der Waals surface area contributed by atoms with Crippen molar-refractivity contribution in [2.75, 3.05) is 79.3 Å². The first kappa shape index (κ1) is 105. The minimum Gasteiger partial charge on any atom is -0.462 e. The van der Waals surface area contributed by atoms with E-state index >= 15 is 0 Å². The normalized spacial score (nSPS) is 9.86. The summed E-state index contributed by atoms with van der Waals surface area (Å²) in [7, 11) is -22.2. The number of hydrogen-bond acceptors (Lipinski definition) is 21. The lowest BCUT2D eigenvalue weighted by molar-refractivity contribution is -0.141. The Kier molecular flexibility index (Phi) is 81.6. The van der Waals surface area contributed by atoms with Gasteiger partial charge in [-0.15, -0.1) is 0 Å². The van der Waals surface area contributed by atoms with Gasteiger partial charge in [0.1, 0.15) is 26.4 Å². The molecule has 0 radical (unpaired) electrons. The van der Waals surface area contributed by atoms with Crippen LogP contribution >= 0.6 is 39.1 Å². The molecule has 0 aromatic rings. The zero-order valence-corrected chi connectivity index (χ0v) is 41.3. The fourth-order valence-corrected chi connectivity index (χ4v) is 4.09. The van der Waals surface area contributed by atoms with Gasteiger partial charge in [-0.1, -0.05) is 92.3 Å². The van der Waals surface area contributed by atoms with Gasteiger partial charge >= 0.3 is 69.0 Å². The van der Waals surface area contributed by atoms with Gasteiger partial charge in [0.05, 0.1) is 46.2 Å². The molecule has 0 amide bonds. The smallest absolute Gasteiger partial charge is 0.462 e. The molecule has 0 rings (SSSR count). The van der Waals surface area contributed by atoms with Crippen molar-refractivity contribution in [1.29, 1.82) is 0 Å². The van der Waals surface area contributed by atoms with E-state index in [1.807, 2.05) is 0 Å². The number of carbonyl (C=O) groups is 5. The van der Waals surface area contributed by atoms with Crippen LogP contribution in [0, 0.1) is 0 Å². The van der Waals surface area contributed by atoms with Crippen LogP contribution in [0.15, 0.2) is 61.8 Å². The maximum absolute atomic E-state index is 10.9. The lowest BCUT2D eigenvalue weighted by atomic mass is 10.4. The van der Waals surface area contributed by atoms with Gasteiger partial charge in [0.15, 0.2) is 0 Å². The molecule has 0 fully saturated rings. The fourth-order valence-electron chi connectivity index (χ4n) is 2.42. The summed E-state index contributed by atoms with van der Waals surface area (Å²) in [4.78, 5) is 135. The molecule has 0 spiro atoms. The molecule has 76 heavy (non-hydrogen) atoms. The van der Waals surface area contributed by atoms with Crippen LogP contribution < -0.4 is 0 Å². The lowest BCUT2D eigenvalue weighted by Gasteiger charge is -2.06. The molecule has 31 nitrogen and oxygen atoms in total.